The van der Waals surface area contributed by atoms with E-state index in [1.54, 1.807) is 18.2 Å². The summed E-state index contributed by atoms with van der Waals surface area (Å²) in [7, 11) is 4.41. The van der Waals surface area contributed by atoms with Crippen molar-refractivity contribution >= 4 is 5.78 Å². The highest BCUT2D eigenvalue weighted by atomic mass is 16.5. The van der Waals surface area contributed by atoms with Crippen molar-refractivity contribution < 1.29 is 34.0 Å². The molecule has 1 atom stereocenters. The van der Waals surface area contributed by atoms with Crippen molar-refractivity contribution in [3.63, 3.8) is 0 Å². The minimum absolute atomic E-state index is 0.0157. The Hall–Kier alpha value is -3.09. The summed E-state index contributed by atoms with van der Waals surface area (Å²) in [5.74, 6) is -0.0874. The lowest BCUT2D eigenvalue weighted by Crippen LogP contribution is -2.20. The zero-order chi connectivity index (χ0) is 18.1. The Balaban J connectivity index is 2.02. The maximum atomic E-state index is 12.5. The van der Waals surface area contributed by atoms with Gasteiger partial charge in [-0.1, -0.05) is 6.07 Å². The van der Waals surface area contributed by atoms with Crippen LogP contribution in [0.1, 0.15) is 28.4 Å². The quantitative estimate of drug-likeness (QED) is 0.822. The van der Waals surface area contributed by atoms with Crippen molar-refractivity contribution in [2.45, 2.75) is 12.5 Å². The average molecular weight is 346 g/mol. The second kappa shape index (κ2) is 6.43. The molecule has 0 amide bonds. The lowest BCUT2D eigenvalue weighted by Gasteiger charge is -2.27. The van der Waals surface area contributed by atoms with Crippen LogP contribution in [0.15, 0.2) is 24.3 Å². The Morgan fingerprint density at radius 1 is 0.960 bits per heavy atom. The Morgan fingerprint density at radius 2 is 1.64 bits per heavy atom. The predicted octanol–water partition coefficient (Wildman–Crippen LogP) is 2.83. The van der Waals surface area contributed by atoms with Gasteiger partial charge in [0.05, 0.1) is 27.8 Å². The lowest BCUT2D eigenvalue weighted by molar-refractivity contribution is 0.0842. The molecule has 0 fully saturated rings. The number of ketones is 1. The minimum atomic E-state index is -0.562. The zero-order valence-electron chi connectivity index (χ0n) is 14.0. The molecule has 1 heterocycles. The summed E-state index contributed by atoms with van der Waals surface area (Å²) in [5, 5.41) is 19.9. The number of carbonyl (C=O) groups is 1. The Morgan fingerprint density at radius 3 is 2.28 bits per heavy atom. The fourth-order valence-corrected chi connectivity index (χ4v) is 2.83. The van der Waals surface area contributed by atoms with E-state index in [4.69, 9.17) is 18.9 Å². The molecule has 3 rings (SSSR count). The highest BCUT2D eigenvalue weighted by Crippen LogP contribution is 2.48. The first-order chi connectivity index (χ1) is 12.0. The van der Waals surface area contributed by atoms with Crippen LogP contribution in [0.3, 0.4) is 0 Å². The van der Waals surface area contributed by atoms with Gasteiger partial charge in [0, 0.05) is 6.07 Å². The first kappa shape index (κ1) is 16.8. The average Bonchev–Trinajstić information content (AvgIpc) is 2.63. The number of rotatable bonds is 4. The monoisotopic (exact) mass is 346 g/mol. The van der Waals surface area contributed by atoms with Crippen LogP contribution in [0.4, 0.5) is 0 Å². The number of fused-ring (bicyclic) bond motifs is 1. The number of methoxy groups -OCH3 is 3. The van der Waals surface area contributed by atoms with Gasteiger partial charge in [-0.25, -0.2) is 0 Å². The highest BCUT2D eigenvalue weighted by Gasteiger charge is 2.33. The summed E-state index contributed by atoms with van der Waals surface area (Å²) in [6, 6.07) is 6.63. The third-order valence-corrected chi connectivity index (χ3v) is 4.12. The molecule has 1 aliphatic heterocycles. The van der Waals surface area contributed by atoms with Crippen LogP contribution in [0.2, 0.25) is 0 Å². The molecule has 0 saturated carbocycles. The normalized spacial score (nSPS) is 16.0. The second-order valence-corrected chi connectivity index (χ2v) is 5.50. The van der Waals surface area contributed by atoms with E-state index in [0.717, 1.165) is 5.56 Å². The summed E-state index contributed by atoms with van der Waals surface area (Å²) in [6.45, 7) is 0. The van der Waals surface area contributed by atoms with Crippen LogP contribution in [0.5, 0.6) is 34.5 Å². The zero-order valence-corrected chi connectivity index (χ0v) is 14.0. The first-order valence-corrected chi connectivity index (χ1v) is 7.54. The lowest BCUT2D eigenvalue weighted by atomic mass is 9.95. The van der Waals surface area contributed by atoms with Crippen molar-refractivity contribution in [3.8, 4) is 34.5 Å². The van der Waals surface area contributed by atoms with E-state index in [2.05, 4.69) is 0 Å². The largest absolute Gasteiger partial charge is 0.504 e. The van der Waals surface area contributed by atoms with Crippen LogP contribution < -0.4 is 18.9 Å². The van der Waals surface area contributed by atoms with Crippen LogP contribution in [-0.2, 0) is 0 Å². The number of hydrogen-bond donors (Lipinski definition) is 2. The first-order valence-electron chi connectivity index (χ1n) is 7.54. The van der Waals surface area contributed by atoms with E-state index in [1.807, 2.05) is 0 Å². The fourth-order valence-electron chi connectivity index (χ4n) is 2.83. The molecule has 7 heteroatoms. The molecule has 0 saturated heterocycles. The van der Waals surface area contributed by atoms with Gasteiger partial charge in [0.1, 0.15) is 17.4 Å². The molecule has 0 spiro atoms. The fraction of sp³-hybridized carbons (Fsp3) is 0.278. The van der Waals surface area contributed by atoms with Gasteiger partial charge in [0.2, 0.25) is 5.75 Å². The van der Waals surface area contributed by atoms with Crippen LogP contribution in [0.25, 0.3) is 0 Å². The van der Waals surface area contributed by atoms with Gasteiger partial charge < -0.3 is 29.2 Å². The van der Waals surface area contributed by atoms with Crippen molar-refractivity contribution in [1.82, 2.24) is 0 Å². The maximum absolute atomic E-state index is 12.5. The summed E-state index contributed by atoms with van der Waals surface area (Å²) in [6.07, 6.45) is -0.546. The van der Waals surface area contributed by atoms with E-state index in [-0.39, 0.29) is 29.3 Å². The number of ether oxygens (including phenoxy) is 4. The molecule has 0 aliphatic carbocycles. The van der Waals surface area contributed by atoms with E-state index in [0.29, 0.717) is 11.5 Å². The van der Waals surface area contributed by atoms with Crippen molar-refractivity contribution in [2.75, 3.05) is 21.3 Å². The van der Waals surface area contributed by atoms with Gasteiger partial charge in [-0.15, -0.1) is 0 Å². The number of Topliss-reactive ketones (excluding diaryl/α,β-unsaturated/α-hetero) is 1. The molecular weight excluding hydrogens is 328 g/mol. The molecule has 2 aromatic carbocycles. The number of benzene rings is 2. The van der Waals surface area contributed by atoms with Gasteiger partial charge in [0.15, 0.2) is 28.8 Å². The third-order valence-electron chi connectivity index (χ3n) is 4.12. The predicted molar refractivity (Wildman–Crippen MR) is 88.2 cm³/mol. The van der Waals surface area contributed by atoms with Crippen molar-refractivity contribution in [2.24, 2.45) is 0 Å². The number of phenolic OH excluding ortho intramolecular Hbond substituents is 2. The maximum Gasteiger partial charge on any atom is 0.201 e. The third kappa shape index (κ3) is 2.77. The van der Waals surface area contributed by atoms with Gasteiger partial charge >= 0.3 is 0 Å². The smallest absolute Gasteiger partial charge is 0.201 e. The molecule has 132 valence electrons. The van der Waals surface area contributed by atoms with Gasteiger partial charge in [-0.3, -0.25) is 4.79 Å². The SMILES string of the molecule is COc1ccc(C2CC(=O)c3c(cc(OC)c(O)c3O)O2)cc1OC. The molecule has 25 heavy (non-hydrogen) atoms. The summed E-state index contributed by atoms with van der Waals surface area (Å²) in [5.41, 5.74) is 0.679. The molecule has 1 aliphatic rings. The van der Waals surface area contributed by atoms with Crippen molar-refractivity contribution in [1.29, 1.82) is 0 Å². The molecule has 0 bridgehead atoms. The van der Waals surface area contributed by atoms with Gasteiger partial charge in [-0.05, 0) is 17.7 Å². The molecule has 0 aromatic heterocycles. The number of carbonyl (C=O) groups excluding carboxylic acids is 1. The molecule has 0 radical (unpaired) electrons. The van der Waals surface area contributed by atoms with E-state index < -0.39 is 17.6 Å². The van der Waals surface area contributed by atoms with E-state index in [9.17, 15) is 15.0 Å². The summed E-state index contributed by atoms with van der Waals surface area (Å²) >= 11 is 0. The van der Waals surface area contributed by atoms with Crippen LogP contribution in [-0.4, -0.2) is 37.3 Å². The minimum Gasteiger partial charge on any atom is -0.504 e. The Labute approximate surface area is 144 Å². The Bertz CT molecular complexity index is 829. The molecule has 2 N–H and O–H groups in total. The molecule has 7 nitrogen and oxygen atoms in total. The van der Waals surface area contributed by atoms with E-state index in [1.165, 1.54) is 27.4 Å². The Kier molecular flexibility index (Phi) is 4.31. The van der Waals surface area contributed by atoms with Gasteiger partial charge in [0.25, 0.3) is 0 Å². The van der Waals surface area contributed by atoms with Crippen molar-refractivity contribution in [3.05, 3.63) is 35.4 Å². The molecular formula is C18H18O7. The second-order valence-electron chi connectivity index (χ2n) is 5.50. The van der Waals surface area contributed by atoms with Crippen LogP contribution >= 0.6 is 0 Å². The highest BCUT2D eigenvalue weighted by molar-refractivity contribution is 6.03. The molecule has 2 aromatic rings. The standard InChI is InChI=1S/C18H18O7/c1-22-11-5-4-9(6-13(11)23-2)12-7-10(19)16-14(25-12)8-15(24-3)17(20)18(16)21/h4-6,8,12,20-21H,7H2,1-3H3. The van der Waals surface area contributed by atoms with Gasteiger partial charge in [-0.2, -0.15) is 0 Å². The number of aromatic hydroxyl groups is 2. The summed E-state index contributed by atoms with van der Waals surface area (Å²) in [4.78, 5) is 12.5. The number of hydrogen-bond acceptors (Lipinski definition) is 7. The van der Waals surface area contributed by atoms with E-state index >= 15 is 0 Å². The van der Waals surface area contributed by atoms with Crippen LogP contribution in [0, 0.1) is 0 Å². The molecule has 1 unspecified atom stereocenters. The summed E-state index contributed by atoms with van der Waals surface area (Å²) < 4.78 is 21.4. The number of phenols is 2. The topological polar surface area (TPSA) is 94.5 Å².